The van der Waals surface area contributed by atoms with Gasteiger partial charge in [-0.1, -0.05) is 27.7 Å². The first-order valence-corrected chi connectivity index (χ1v) is 6.93. The van der Waals surface area contributed by atoms with Gasteiger partial charge in [0.1, 0.15) is 11.6 Å². The molecule has 0 aliphatic carbocycles. The molecule has 0 bridgehead atoms. The van der Waals surface area contributed by atoms with E-state index in [1.807, 2.05) is 0 Å². The second-order valence-electron chi connectivity index (χ2n) is 6.39. The number of aryl methyl sites for hydroxylation is 1. The van der Waals surface area contributed by atoms with Crippen molar-refractivity contribution < 1.29 is 8.78 Å². The van der Waals surface area contributed by atoms with Crippen molar-refractivity contribution in [3.8, 4) is 0 Å². The molecule has 1 rings (SSSR count). The molecule has 19 heavy (non-hydrogen) atoms. The minimum absolute atomic E-state index is 0.0701. The highest BCUT2D eigenvalue weighted by atomic mass is 19.1. The molecule has 0 saturated carbocycles. The summed E-state index contributed by atoms with van der Waals surface area (Å²) in [5.74, 6) is -0.938. The largest absolute Gasteiger partial charge is 0.310 e. The van der Waals surface area contributed by atoms with Crippen molar-refractivity contribution in [3.05, 3.63) is 34.9 Å². The zero-order chi connectivity index (χ0) is 14.6. The van der Waals surface area contributed by atoms with Gasteiger partial charge in [-0.3, -0.25) is 0 Å². The minimum atomic E-state index is -0.480. The van der Waals surface area contributed by atoms with Crippen molar-refractivity contribution in [1.82, 2.24) is 5.32 Å². The molecule has 0 spiro atoms. The average Bonchev–Trinajstić information content (AvgIpc) is 2.28. The number of benzene rings is 1. The van der Waals surface area contributed by atoms with Gasteiger partial charge in [0, 0.05) is 17.7 Å². The average molecular weight is 269 g/mol. The second-order valence-corrected chi connectivity index (χ2v) is 6.39. The van der Waals surface area contributed by atoms with Gasteiger partial charge in [0.2, 0.25) is 0 Å². The van der Waals surface area contributed by atoms with Crippen LogP contribution in [0, 0.1) is 24.0 Å². The maximum atomic E-state index is 14.0. The van der Waals surface area contributed by atoms with E-state index in [0.717, 1.165) is 25.5 Å². The molecule has 0 aromatic heterocycles. The summed E-state index contributed by atoms with van der Waals surface area (Å²) in [4.78, 5) is 0. The van der Waals surface area contributed by atoms with E-state index in [9.17, 15) is 8.78 Å². The lowest BCUT2D eigenvalue weighted by atomic mass is 9.85. The second kappa shape index (κ2) is 6.47. The molecule has 0 saturated heterocycles. The first-order valence-electron chi connectivity index (χ1n) is 6.93. The fraction of sp³-hybridized carbons (Fsp3) is 0.625. The van der Waals surface area contributed by atoms with E-state index in [1.54, 1.807) is 13.0 Å². The Morgan fingerprint density at radius 1 is 1.16 bits per heavy atom. The van der Waals surface area contributed by atoms with Crippen LogP contribution in [0.5, 0.6) is 0 Å². The van der Waals surface area contributed by atoms with Crippen LogP contribution in [0.3, 0.4) is 0 Å². The van der Waals surface area contributed by atoms with Crippen molar-refractivity contribution in [2.75, 3.05) is 6.54 Å². The molecule has 0 aliphatic heterocycles. The topological polar surface area (TPSA) is 12.0 Å². The third kappa shape index (κ3) is 4.90. The van der Waals surface area contributed by atoms with Crippen molar-refractivity contribution >= 4 is 0 Å². The Hall–Kier alpha value is -0.960. The third-order valence-corrected chi connectivity index (χ3v) is 3.11. The Morgan fingerprint density at radius 3 is 2.32 bits per heavy atom. The lowest BCUT2D eigenvalue weighted by Crippen LogP contribution is -2.27. The van der Waals surface area contributed by atoms with Crippen LogP contribution in [0.4, 0.5) is 8.78 Å². The van der Waals surface area contributed by atoms with Crippen LogP contribution in [-0.2, 0) is 0 Å². The summed E-state index contributed by atoms with van der Waals surface area (Å²) in [6.07, 6.45) is 1.80. The van der Waals surface area contributed by atoms with E-state index in [-0.39, 0.29) is 11.5 Å². The van der Waals surface area contributed by atoms with Gasteiger partial charge in [-0.05, 0) is 43.4 Å². The first-order chi connectivity index (χ1) is 8.74. The van der Waals surface area contributed by atoms with E-state index in [4.69, 9.17) is 0 Å². The molecule has 0 heterocycles. The third-order valence-electron chi connectivity index (χ3n) is 3.11. The summed E-state index contributed by atoms with van der Waals surface area (Å²) in [5.41, 5.74) is 1.15. The maximum absolute atomic E-state index is 14.0. The zero-order valence-corrected chi connectivity index (χ0v) is 12.6. The number of nitrogens with one attached hydrogen (secondary N) is 1. The maximum Gasteiger partial charge on any atom is 0.130 e. The minimum Gasteiger partial charge on any atom is -0.310 e. The summed E-state index contributed by atoms with van der Waals surface area (Å²) < 4.78 is 27.4. The van der Waals surface area contributed by atoms with Crippen LogP contribution in [0.25, 0.3) is 0 Å². The van der Waals surface area contributed by atoms with E-state index in [1.165, 1.54) is 0 Å². The van der Waals surface area contributed by atoms with Crippen molar-refractivity contribution in [1.29, 1.82) is 0 Å². The van der Waals surface area contributed by atoms with Crippen LogP contribution in [0.15, 0.2) is 12.1 Å². The van der Waals surface area contributed by atoms with Crippen LogP contribution in [-0.4, -0.2) is 6.54 Å². The standard InChI is InChI=1S/C16H25F2N/c1-6-7-19-15(10-16(3,4)5)12-8-11(2)13(17)9-14(12)18/h8-9,15,19H,6-7,10H2,1-5H3. The van der Waals surface area contributed by atoms with Crippen LogP contribution >= 0.6 is 0 Å². The molecular formula is C16H25F2N. The monoisotopic (exact) mass is 269 g/mol. The molecule has 1 aromatic rings. The molecule has 1 unspecified atom stereocenters. The molecule has 1 N–H and O–H groups in total. The van der Waals surface area contributed by atoms with Gasteiger partial charge in [0.15, 0.2) is 0 Å². The van der Waals surface area contributed by atoms with Crippen LogP contribution in [0.2, 0.25) is 0 Å². The molecule has 3 heteroatoms. The molecule has 108 valence electrons. The molecule has 1 atom stereocenters. The molecule has 1 nitrogen and oxygen atoms in total. The van der Waals surface area contributed by atoms with Gasteiger partial charge in [-0.2, -0.15) is 0 Å². The van der Waals surface area contributed by atoms with Gasteiger partial charge in [0.25, 0.3) is 0 Å². The van der Waals surface area contributed by atoms with Gasteiger partial charge in [-0.15, -0.1) is 0 Å². The highest BCUT2D eigenvalue weighted by molar-refractivity contribution is 5.28. The van der Waals surface area contributed by atoms with Crippen LogP contribution in [0.1, 0.15) is 57.7 Å². The molecule has 0 radical (unpaired) electrons. The van der Waals surface area contributed by atoms with Gasteiger partial charge < -0.3 is 5.32 Å². The fourth-order valence-electron chi connectivity index (χ4n) is 2.17. The predicted octanol–water partition coefficient (Wildman–Crippen LogP) is 4.75. The van der Waals surface area contributed by atoms with E-state index in [2.05, 4.69) is 33.0 Å². The summed E-state index contributed by atoms with van der Waals surface area (Å²) in [7, 11) is 0. The lowest BCUT2D eigenvalue weighted by Gasteiger charge is -2.28. The summed E-state index contributed by atoms with van der Waals surface area (Å²) in [5, 5.41) is 3.37. The summed E-state index contributed by atoms with van der Waals surface area (Å²) in [6.45, 7) is 11.0. The first kappa shape index (κ1) is 16.1. The lowest BCUT2D eigenvalue weighted by molar-refractivity contribution is 0.306. The van der Waals surface area contributed by atoms with Crippen molar-refractivity contribution in [2.45, 2.75) is 53.5 Å². The Bertz CT molecular complexity index is 421. The Morgan fingerprint density at radius 2 is 1.79 bits per heavy atom. The Balaban J connectivity index is 3.06. The van der Waals surface area contributed by atoms with Gasteiger partial charge in [-0.25, -0.2) is 8.78 Å². The fourth-order valence-corrected chi connectivity index (χ4v) is 2.17. The van der Waals surface area contributed by atoms with E-state index >= 15 is 0 Å². The molecule has 0 aliphatic rings. The number of hydrogen-bond acceptors (Lipinski definition) is 1. The van der Waals surface area contributed by atoms with Crippen molar-refractivity contribution in [2.24, 2.45) is 5.41 Å². The SMILES string of the molecule is CCCNC(CC(C)(C)C)c1cc(C)c(F)cc1F. The quantitative estimate of drug-likeness (QED) is 0.813. The summed E-state index contributed by atoms with van der Waals surface area (Å²) >= 11 is 0. The Labute approximate surface area is 115 Å². The normalized spacial score (nSPS) is 13.6. The smallest absolute Gasteiger partial charge is 0.130 e. The molecule has 1 aromatic carbocycles. The predicted molar refractivity (Wildman–Crippen MR) is 76.2 cm³/mol. The van der Waals surface area contributed by atoms with E-state index in [0.29, 0.717) is 11.1 Å². The molecular weight excluding hydrogens is 244 g/mol. The van der Waals surface area contributed by atoms with E-state index < -0.39 is 11.6 Å². The Kier molecular flexibility index (Phi) is 5.48. The van der Waals surface area contributed by atoms with Crippen molar-refractivity contribution in [3.63, 3.8) is 0 Å². The highest BCUT2D eigenvalue weighted by Gasteiger charge is 2.23. The van der Waals surface area contributed by atoms with Gasteiger partial charge in [0.05, 0.1) is 0 Å². The zero-order valence-electron chi connectivity index (χ0n) is 12.6. The number of rotatable bonds is 5. The molecule has 0 fully saturated rings. The number of hydrogen-bond donors (Lipinski definition) is 1. The highest BCUT2D eigenvalue weighted by Crippen LogP contribution is 2.31. The number of halogens is 2. The van der Waals surface area contributed by atoms with Crippen LogP contribution < -0.4 is 5.32 Å². The molecule has 0 amide bonds. The van der Waals surface area contributed by atoms with Gasteiger partial charge >= 0.3 is 0 Å². The summed E-state index contributed by atoms with van der Waals surface area (Å²) in [6, 6.07) is 2.55.